The Bertz CT molecular complexity index is 1230. The first-order chi connectivity index (χ1) is 22.1. The molecule has 6 rings (SSSR count). The van der Waals surface area contributed by atoms with Crippen molar-refractivity contribution in [1.29, 1.82) is 0 Å². The number of carboxylic acids is 2. The van der Waals surface area contributed by atoms with E-state index in [9.17, 15) is 14.7 Å². The summed E-state index contributed by atoms with van der Waals surface area (Å²) in [5.41, 5.74) is 2.12. The first-order valence-electron chi connectivity index (χ1n) is 18.4. The second-order valence-electron chi connectivity index (χ2n) is 16.1. The van der Waals surface area contributed by atoms with Gasteiger partial charge in [0.05, 0.1) is 43.7 Å². The molecule has 0 aliphatic carbocycles. The monoisotopic (exact) mass is 788 g/mol. The van der Waals surface area contributed by atoms with Gasteiger partial charge in [-0.05, 0) is 24.7 Å². The number of fused-ring (bicyclic) bond motifs is 4. The summed E-state index contributed by atoms with van der Waals surface area (Å²) in [5, 5.41) is 20.5. The number of piperidine rings is 2. The maximum Gasteiger partial charge on any atom is 0.310 e. The summed E-state index contributed by atoms with van der Waals surface area (Å²) in [6, 6.07) is 23.9. The van der Waals surface area contributed by atoms with Gasteiger partial charge in [0.25, 0.3) is 0 Å². The van der Waals surface area contributed by atoms with E-state index in [1.54, 1.807) is 0 Å². The Morgan fingerprint density at radius 1 is 0.625 bits per heavy atom. The first-order valence-corrected chi connectivity index (χ1v) is 18.4. The zero-order chi connectivity index (χ0) is 32.4. The summed E-state index contributed by atoms with van der Waals surface area (Å²) in [6.45, 7) is 2.09. The zero-order valence-electron chi connectivity index (χ0n) is 29.1. The molecule has 0 spiro atoms. The van der Waals surface area contributed by atoms with E-state index >= 15 is 0 Å². The highest BCUT2D eigenvalue weighted by Crippen LogP contribution is 2.59. The van der Waals surface area contributed by atoms with Gasteiger partial charge in [-0.15, -0.1) is 0 Å². The van der Waals surface area contributed by atoms with Crippen LogP contribution in [-0.4, -0.2) is 69.4 Å². The standard InChI is InChI=1S/C40H56N2O4.2BrH/c1-41(28-30-14-8-6-9-15-30)34-19-20-35(41)25-32(24-34)40(39(45)46,23-13-5-3-4-12-18-38(43)44)33-26-36-21-22-37(27-33)42(36,2)29-31-16-10-7-11-17-31;;/h6-11,14-17,32-37H,3-5,12-13,18-29H2,1-2H3;2*1H. The van der Waals surface area contributed by atoms with Gasteiger partial charge in [0.15, 0.2) is 0 Å². The number of carbonyl (C=O) groups is 2. The summed E-state index contributed by atoms with van der Waals surface area (Å²) in [7, 11) is 4.91. The van der Waals surface area contributed by atoms with Crippen LogP contribution in [0.15, 0.2) is 60.7 Å². The van der Waals surface area contributed by atoms with Gasteiger partial charge in [0, 0.05) is 68.9 Å². The number of nitrogens with zero attached hydrogens (tertiary/aromatic N) is 2. The number of aliphatic carboxylic acids is 2. The number of benzene rings is 2. The molecule has 0 amide bonds. The third-order valence-corrected chi connectivity index (χ3v) is 13.8. The van der Waals surface area contributed by atoms with Crippen LogP contribution in [0.4, 0.5) is 0 Å². The number of halogens is 2. The van der Waals surface area contributed by atoms with Crippen molar-refractivity contribution in [2.75, 3.05) is 14.1 Å². The summed E-state index contributed by atoms with van der Waals surface area (Å²) < 4.78 is 2.14. The van der Waals surface area contributed by atoms with E-state index in [2.05, 4.69) is 74.8 Å². The lowest BCUT2D eigenvalue weighted by Gasteiger charge is -2.55. The molecule has 2 aromatic rings. The third-order valence-electron chi connectivity index (χ3n) is 13.8. The maximum atomic E-state index is 14.0. The van der Waals surface area contributed by atoms with Crippen LogP contribution in [0.2, 0.25) is 0 Å². The van der Waals surface area contributed by atoms with Gasteiger partial charge < -0.3 is 53.1 Å². The molecule has 4 bridgehead atoms. The number of carboxylic acid groups (broad SMARTS) is 2. The summed E-state index contributed by atoms with van der Waals surface area (Å²) >= 11 is 0. The van der Waals surface area contributed by atoms with Crippen LogP contribution in [-0.2, 0) is 22.7 Å². The Morgan fingerprint density at radius 2 is 1.00 bits per heavy atom. The molecule has 4 fully saturated rings. The molecule has 2 aromatic carbocycles. The summed E-state index contributed by atoms with van der Waals surface area (Å²) in [6.07, 6.45) is 14.6. The lowest BCUT2D eigenvalue weighted by Crippen LogP contribution is -3.00. The van der Waals surface area contributed by atoms with Crippen LogP contribution < -0.4 is 34.0 Å². The van der Waals surface area contributed by atoms with E-state index < -0.39 is 17.4 Å². The fourth-order valence-electron chi connectivity index (χ4n) is 11.2. The van der Waals surface area contributed by atoms with Crippen molar-refractivity contribution in [2.24, 2.45) is 17.3 Å². The van der Waals surface area contributed by atoms with Crippen molar-refractivity contribution in [3.05, 3.63) is 71.8 Å². The molecule has 0 aromatic heterocycles. The van der Waals surface area contributed by atoms with Gasteiger partial charge >= 0.3 is 11.9 Å². The van der Waals surface area contributed by atoms with Gasteiger partial charge in [-0.2, -0.15) is 0 Å². The average Bonchev–Trinajstić information content (AvgIpc) is 3.27. The predicted octanol–water partition coefficient (Wildman–Crippen LogP) is 2.06. The Morgan fingerprint density at radius 3 is 1.38 bits per heavy atom. The normalized spacial score (nSPS) is 33.2. The molecule has 4 aliphatic rings. The number of quaternary nitrogens is 2. The summed E-state index contributed by atoms with van der Waals surface area (Å²) in [5.74, 6) is -0.789. The van der Waals surface area contributed by atoms with Gasteiger partial charge in [-0.25, -0.2) is 0 Å². The van der Waals surface area contributed by atoms with E-state index in [1.807, 2.05) is 0 Å². The molecule has 48 heavy (non-hydrogen) atoms. The molecule has 0 saturated carbocycles. The van der Waals surface area contributed by atoms with Crippen LogP contribution in [0.5, 0.6) is 0 Å². The maximum absolute atomic E-state index is 14.0. The Kier molecular flexibility index (Phi) is 13.4. The highest BCUT2D eigenvalue weighted by molar-refractivity contribution is 5.75. The lowest BCUT2D eigenvalue weighted by atomic mass is 9.56. The molecule has 2 N–H and O–H groups in total. The van der Waals surface area contributed by atoms with Gasteiger partial charge in [-0.1, -0.05) is 86.3 Å². The lowest BCUT2D eigenvalue weighted by molar-refractivity contribution is -0.963. The molecular formula is C40H58Br2N2O4. The molecule has 4 atom stereocenters. The van der Waals surface area contributed by atoms with Gasteiger partial charge in [0.1, 0.15) is 13.1 Å². The van der Waals surface area contributed by atoms with Crippen molar-refractivity contribution in [3.63, 3.8) is 0 Å². The molecule has 4 saturated heterocycles. The minimum Gasteiger partial charge on any atom is -1.00 e. The largest absolute Gasteiger partial charge is 1.00 e. The molecule has 4 heterocycles. The molecule has 4 aliphatic heterocycles. The second kappa shape index (κ2) is 16.5. The fraction of sp³-hybridized carbons (Fsp3) is 0.650. The molecule has 4 unspecified atom stereocenters. The Labute approximate surface area is 310 Å². The number of unbranched alkanes of at least 4 members (excludes halogenated alkanes) is 4. The van der Waals surface area contributed by atoms with Crippen LogP contribution in [0.3, 0.4) is 0 Å². The fourth-order valence-corrected chi connectivity index (χ4v) is 11.2. The van der Waals surface area contributed by atoms with Crippen molar-refractivity contribution in [1.82, 2.24) is 0 Å². The summed E-state index contributed by atoms with van der Waals surface area (Å²) in [4.78, 5) is 24.9. The predicted molar refractivity (Wildman–Crippen MR) is 182 cm³/mol. The topological polar surface area (TPSA) is 74.6 Å². The zero-order valence-corrected chi connectivity index (χ0v) is 32.3. The number of rotatable bonds is 15. The molecule has 0 radical (unpaired) electrons. The molecule has 266 valence electrons. The second-order valence-corrected chi connectivity index (χ2v) is 16.1. The van der Waals surface area contributed by atoms with Crippen LogP contribution >= 0.6 is 0 Å². The van der Waals surface area contributed by atoms with Crippen LogP contribution in [0, 0.1) is 17.3 Å². The minimum absolute atomic E-state index is 0. The van der Waals surface area contributed by atoms with Crippen molar-refractivity contribution >= 4 is 11.9 Å². The highest BCUT2D eigenvalue weighted by atomic mass is 79.9. The quantitative estimate of drug-likeness (QED) is 0.214. The van der Waals surface area contributed by atoms with Crippen molar-refractivity contribution in [2.45, 2.75) is 134 Å². The van der Waals surface area contributed by atoms with E-state index in [0.717, 1.165) is 79.8 Å². The van der Waals surface area contributed by atoms with E-state index in [0.29, 0.717) is 30.6 Å². The Hall–Kier alpha value is -1.74. The van der Waals surface area contributed by atoms with Crippen molar-refractivity contribution in [3.8, 4) is 0 Å². The first kappa shape index (κ1) is 39.1. The van der Waals surface area contributed by atoms with Crippen molar-refractivity contribution < 1.29 is 62.7 Å². The molecular weight excluding hydrogens is 732 g/mol. The van der Waals surface area contributed by atoms with E-state index in [1.165, 1.54) is 36.8 Å². The average molecular weight is 791 g/mol. The van der Waals surface area contributed by atoms with Gasteiger partial charge in [-0.3, -0.25) is 9.59 Å². The number of hydrogen-bond donors (Lipinski definition) is 2. The minimum atomic E-state index is -0.723. The van der Waals surface area contributed by atoms with Crippen LogP contribution in [0.25, 0.3) is 0 Å². The molecule has 8 heteroatoms. The van der Waals surface area contributed by atoms with E-state index in [-0.39, 0.29) is 52.2 Å². The third kappa shape index (κ3) is 7.77. The molecule has 6 nitrogen and oxygen atoms in total. The van der Waals surface area contributed by atoms with E-state index in [4.69, 9.17) is 5.11 Å². The highest BCUT2D eigenvalue weighted by Gasteiger charge is 2.63. The number of hydrogen-bond acceptors (Lipinski definition) is 2. The SMILES string of the molecule is C[N+]1(Cc2ccccc2)C2CCC1CC(C(CCCCCCCC(=O)O)(C(=O)O)C1CC3CCC(C1)[N+]3(C)Cc1ccccc1)C2.[Br-].[Br-]. The Balaban J connectivity index is 0.00000260. The van der Waals surface area contributed by atoms with Gasteiger partial charge in [0.2, 0.25) is 0 Å². The van der Waals surface area contributed by atoms with Crippen LogP contribution in [0.1, 0.15) is 107 Å². The smallest absolute Gasteiger partial charge is 0.310 e.